The van der Waals surface area contributed by atoms with E-state index >= 15 is 0 Å². The van der Waals surface area contributed by atoms with Crippen molar-refractivity contribution in [3.05, 3.63) is 29.8 Å². The Morgan fingerprint density at radius 3 is 1.86 bits per heavy atom. The highest BCUT2D eigenvalue weighted by atomic mass is 16.5. The molecule has 1 aromatic carbocycles. The lowest BCUT2D eigenvalue weighted by Crippen LogP contribution is -2.30. The number of unbranched alkanes of at least 4 members (excludes halogenated alkanes) is 2. The molecule has 0 aromatic heterocycles. The van der Waals surface area contributed by atoms with Crippen LogP contribution < -0.4 is 4.74 Å². The molecule has 0 unspecified atom stereocenters. The van der Waals surface area contributed by atoms with Gasteiger partial charge >= 0.3 is 5.97 Å². The summed E-state index contributed by atoms with van der Waals surface area (Å²) in [5, 5.41) is 0. The molecule has 3 aliphatic carbocycles. The van der Waals surface area contributed by atoms with Gasteiger partial charge in [0.2, 0.25) is 0 Å². The molecule has 0 radical (unpaired) electrons. The lowest BCUT2D eigenvalue weighted by Gasteiger charge is -2.37. The van der Waals surface area contributed by atoms with Crippen LogP contribution in [0.3, 0.4) is 0 Å². The van der Waals surface area contributed by atoms with Gasteiger partial charge in [-0.3, -0.25) is 4.79 Å². The summed E-state index contributed by atoms with van der Waals surface area (Å²) in [7, 11) is 0. The van der Waals surface area contributed by atoms with E-state index in [-0.39, 0.29) is 11.9 Å². The maximum atomic E-state index is 12.9. The number of rotatable bonds is 10. The van der Waals surface area contributed by atoms with Crippen molar-refractivity contribution < 1.29 is 9.53 Å². The topological polar surface area (TPSA) is 26.3 Å². The second-order valence-electron chi connectivity index (χ2n) is 12.4. The fourth-order valence-electron chi connectivity index (χ4n) is 7.66. The smallest absolute Gasteiger partial charge is 0.314 e. The number of hydrogen-bond donors (Lipinski definition) is 0. The molecule has 2 nitrogen and oxygen atoms in total. The molecule has 3 fully saturated rings. The Kier molecular flexibility index (Phi) is 10.6. The van der Waals surface area contributed by atoms with Crippen molar-refractivity contribution in [2.24, 2.45) is 29.6 Å². The molecule has 0 bridgehead atoms. The highest BCUT2D eigenvalue weighted by Crippen LogP contribution is 2.43. The van der Waals surface area contributed by atoms with E-state index in [4.69, 9.17) is 4.74 Å². The Morgan fingerprint density at radius 1 is 0.686 bits per heavy atom. The van der Waals surface area contributed by atoms with Crippen LogP contribution in [0.5, 0.6) is 5.75 Å². The maximum Gasteiger partial charge on any atom is 0.314 e. The molecule has 0 amide bonds. The third-order valence-corrected chi connectivity index (χ3v) is 9.99. The SMILES string of the molecule is CCCCC[C@H]1CC[C@H]([C@H]2CC[C@H](C(=O)Oc3ccc(C4CCC(CCC)CC4)cc3)CC2)CC1. The normalized spacial score (nSPS) is 31.7. The van der Waals surface area contributed by atoms with Gasteiger partial charge in [-0.05, 0) is 111 Å². The van der Waals surface area contributed by atoms with Crippen LogP contribution in [0, 0.1) is 29.6 Å². The first kappa shape index (κ1) is 26.7. The highest BCUT2D eigenvalue weighted by molar-refractivity contribution is 5.75. The van der Waals surface area contributed by atoms with Crippen molar-refractivity contribution in [1.29, 1.82) is 0 Å². The van der Waals surface area contributed by atoms with Gasteiger partial charge in [-0.1, -0.05) is 77.3 Å². The summed E-state index contributed by atoms with van der Waals surface area (Å²) >= 11 is 0. The molecular formula is C33H52O2. The fraction of sp³-hybridized carbons (Fsp3) is 0.788. The van der Waals surface area contributed by atoms with E-state index in [2.05, 4.69) is 26.0 Å². The van der Waals surface area contributed by atoms with Crippen molar-refractivity contribution in [2.75, 3.05) is 0 Å². The van der Waals surface area contributed by atoms with E-state index in [1.165, 1.54) is 108 Å². The standard InChI is InChI=1S/C33H52O2/c1-3-5-6-8-26-11-15-27(16-12-26)29-17-19-31(20-18-29)33(34)35-32-23-21-30(22-24-32)28-13-9-25(7-4-2)10-14-28/h21-29,31H,3-20H2,1-2H3/t25?,26-,27-,28?,29-,31-. The molecule has 0 heterocycles. The molecule has 3 saturated carbocycles. The molecule has 196 valence electrons. The van der Waals surface area contributed by atoms with Crippen molar-refractivity contribution in [3.63, 3.8) is 0 Å². The Morgan fingerprint density at radius 2 is 1.26 bits per heavy atom. The number of carbonyl (C=O) groups excluding carboxylic acids is 1. The van der Waals surface area contributed by atoms with E-state index in [1.54, 1.807) is 0 Å². The van der Waals surface area contributed by atoms with Gasteiger partial charge in [0.15, 0.2) is 0 Å². The summed E-state index contributed by atoms with van der Waals surface area (Å²) in [5.74, 6) is 5.24. The van der Waals surface area contributed by atoms with Gasteiger partial charge in [0.1, 0.15) is 5.75 Å². The summed E-state index contributed by atoms with van der Waals surface area (Å²) in [6, 6.07) is 8.50. The number of carbonyl (C=O) groups is 1. The van der Waals surface area contributed by atoms with E-state index in [9.17, 15) is 4.79 Å². The molecule has 1 aromatic rings. The fourth-order valence-corrected chi connectivity index (χ4v) is 7.66. The van der Waals surface area contributed by atoms with Gasteiger partial charge in [-0.25, -0.2) is 0 Å². The van der Waals surface area contributed by atoms with Crippen molar-refractivity contribution in [1.82, 2.24) is 0 Å². The maximum absolute atomic E-state index is 12.9. The first-order valence-electron chi connectivity index (χ1n) is 15.5. The quantitative estimate of drug-likeness (QED) is 0.189. The molecule has 2 heteroatoms. The molecule has 0 aliphatic heterocycles. The van der Waals surface area contributed by atoms with Gasteiger partial charge in [0, 0.05) is 0 Å². The Hall–Kier alpha value is -1.31. The van der Waals surface area contributed by atoms with E-state index < -0.39 is 0 Å². The third-order valence-electron chi connectivity index (χ3n) is 9.99. The van der Waals surface area contributed by atoms with Crippen LogP contribution in [0.1, 0.15) is 141 Å². The lowest BCUT2D eigenvalue weighted by molar-refractivity contribution is -0.140. The van der Waals surface area contributed by atoms with Crippen LogP contribution in [0.15, 0.2) is 24.3 Å². The second kappa shape index (κ2) is 13.8. The number of hydrogen-bond acceptors (Lipinski definition) is 2. The van der Waals surface area contributed by atoms with E-state index in [0.717, 1.165) is 42.3 Å². The van der Waals surface area contributed by atoms with Gasteiger partial charge in [-0.2, -0.15) is 0 Å². The van der Waals surface area contributed by atoms with Crippen LogP contribution in [-0.4, -0.2) is 5.97 Å². The van der Waals surface area contributed by atoms with Crippen LogP contribution in [0.25, 0.3) is 0 Å². The second-order valence-corrected chi connectivity index (χ2v) is 12.4. The monoisotopic (exact) mass is 480 g/mol. The van der Waals surface area contributed by atoms with Crippen molar-refractivity contribution in [3.8, 4) is 5.75 Å². The number of benzene rings is 1. The lowest BCUT2D eigenvalue weighted by atomic mass is 9.68. The summed E-state index contributed by atoms with van der Waals surface area (Å²) in [5.41, 5.74) is 1.43. The average Bonchev–Trinajstić information content (AvgIpc) is 2.90. The van der Waals surface area contributed by atoms with Gasteiger partial charge in [-0.15, -0.1) is 0 Å². The zero-order valence-electron chi connectivity index (χ0n) is 22.8. The minimum Gasteiger partial charge on any atom is -0.426 e. The molecule has 0 saturated heterocycles. The largest absolute Gasteiger partial charge is 0.426 e. The molecule has 4 rings (SSSR count). The summed E-state index contributed by atoms with van der Waals surface area (Å²) in [6.45, 7) is 4.61. The third kappa shape index (κ3) is 7.83. The predicted octanol–water partition coefficient (Wildman–Crippen LogP) is 9.86. The Balaban J connectivity index is 1.16. The van der Waals surface area contributed by atoms with Crippen LogP contribution in [-0.2, 0) is 4.79 Å². The summed E-state index contributed by atoms with van der Waals surface area (Å²) in [4.78, 5) is 12.9. The first-order chi connectivity index (χ1) is 17.2. The average molecular weight is 481 g/mol. The van der Waals surface area contributed by atoms with Gasteiger partial charge < -0.3 is 4.74 Å². The molecule has 0 spiro atoms. The zero-order valence-corrected chi connectivity index (χ0v) is 22.8. The Bertz CT molecular complexity index is 729. The zero-order chi connectivity index (χ0) is 24.5. The molecule has 0 atom stereocenters. The van der Waals surface area contributed by atoms with Crippen molar-refractivity contribution in [2.45, 2.75) is 135 Å². The van der Waals surface area contributed by atoms with Crippen LogP contribution >= 0.6 is 0 Å². The molecule has 0 N–H and O–H groups in total. The van der Waals surface area contributed by atoms with Crippen LogP contribution in [0.4, 0.5) is 0 Å². The summed E-state index contributed by atoms with van der Waals surface area (Å²) in [6.07, 6.45) is 24.0. The molecule has 3 aliphatic rings. The number of esters is 1. The van der Waals surface area contributed by atoms with Crippen molar-refractivity contribution >= 4 is 5.97 Å². The van der Waals surface area contributed by atoms with Gasteiger partial charge in [0.05, 0.1) is 5.92 Å². The molecule has 35 heavy (non-hydrogen) atoms. The van der Waals surface area contributed by atoms with Crippen LogP contribution in [0.2, 0.25) is 0 Å². The summed E-state index contributed by atoms with van der Waals surface area (Å²) < 4.78 is 5.85. The Labute approximate surface area is 216 Å². The van der Waals surface area contributed by atoms with Gasteiger partial charge in [0.25, 0.3) is 0 Å². The minimum absolute atomic E-state index is 0.0101. The highest BCUT2D eigenvalue weighted by Gasteiger charge is 2.33. The number of ether oxygens (including phenoxy) is 1. The predicted molar refractivity (Wildman–Crippen MR) is 147 cm³/mol. The minimum atomic E-state index is 0.0101. The first-order valence-corrected chi connectivity index (χ1v) is 15.5. The molecular weight excluding hydrogens is 428 g/mol. The van der Waals surface area contributed by atoms with E-state index in [1.807, 2.05) is 12.1 Å². The van der Waals surface area contributed by atoms with E-state index in [0.29, 0.717) is 5.92 Å².